The Balaban J connectivity index is 1.46. The summed E-state index contributed by atoms with van der Waals surface area (Å²) in [5.74, 6) is -0.0960. The maximum Gasteiger partial charge on any atom is 0.239 e. The SMILES string of the molecule is Cc1cc(SC(C)C(=O)Nc2nc(-c3ccc(Cl)cc3)cs2)nc2c(C)cccc12. The lowest BCUT2D eigenvalue weighted by atomic mass is 10.1. The molecule has 4 rings (SSSR count). The van der Waals surface area contributed by atoms with Gasteiger partial charge in [-0.25, -0.2) is 9.97 Å². The van der Waals surface area contributed by atoms with Crippen LogP contribution in [-0.2, 0) is 4.79 Å². The minimum absolute atomic E-state index is 0.0960. The molecule has 152 valence electrons. The fraction of sp³-hybridized carbons (Fsp3) is 0.174. The van der Waals surface area contributed by atoms with Crippen LogP contribution in [0.5, 0.6) is 0 Å². The molecule has 7 heteroatoms. The van der Waals surface area contributed by atoms with E-state index in [1.807, 2.05) is 48.7 Å². The van der Waals surface area contributed by atoms with Gasteiger partial charge in [-0.15, -0.1) is 11.3 Å². The van der Waals surface area contributed by atoms with Gasteiger partial charge in [0.2, 0.25) is 5.91 Å². The van der Waals surface area contributed by atoms with E-state index < -0.39 is 0 Å². The fourth-order valence-electron chi connectivity index (χ4n) is 3.12. The molecule has 0 aliphatic rings. The number of pyridine rings is 1. The number of thiazole rings is 1. The van der Waals surface area contributed by atoms with E-state index in [4.69, 9.17) is 16.6 Å². The van der Waals surface area contributed by atoms with Crippen molar-refractivity contribution in [1.82, 2.24) is 9.97 Å². The van der Waals surface area contributed by atoms with Crippen molar-refractivity contribution in [1.29, 1.82) is 0 Å². The van der Waals surface area contributed by atoms with Crippen LogP contribution < -0.4 is 5.32 Å². The average Bonchev–Trinajstić information content (AvgIpc) is 3.18. The number of halogens is 1. The van der Waals surface area contributed by atoms with E-state index >= 15 is 0 Å². The van der Waals surface area contributed by atoms with Crippen LogP contribution in [0.25, 0.3) is 22.2 Å². The number of anilines is 1. The number of aryl methyl sites for hydroxylation is 2. The van der Waals surface area contributed by atoms with Gasteiger partial charge in [0.05, 0.1) is 21.5 Å². The lowest BCUT2D eigenvalue weighted by molar-refractivity contribution is -0.115. The van der Waals surface area contributed by atoms with Gasteiger partial charge in [0.25, 0.3) is 0 Å². The number of benzene rings is 2. The number of para-hydroxylation sites is 1. The molecule has 0 aliphatic carbocycles. The van der Waals surface area contributed by atoms with Gasteiger partial charge in [-0.2, -0.15) is 0 Å². The van der Waals surface area contributed by atoms with Crippen LogP contribution in [0.2, 0.25) is 5.02 Å². The molecule has 1 unspecified atom stereocenters. The number of hydrogen-bond donors (Lipinski definition) is 1. The van der Waals surface area contributed by atoms with Gasteiger partial charge in [-0.05, 0) is 50.1 Å². The molecule has 2 aromatic carbocycles. The summed E-state index contributed by atoms with van der Waals surface area (Å²) in [6.45, 7) is 6.01. The van der Waals surface area contributed by atoms with Gasteiger partial charge < -0.3 is 5.32 Å². The summed E-state index contributed by atoms with van der Waals surface area (Å²) in [5.41, 5.74) is 5.05. The molecule has 2 aromatic heterocycles. The molecular formula is C23H20ClN3OS2. The molecule has 1 atom stereocenters. The molecule has 0 bridgehead atoms. The van der Waals surface area contributed by atoms with Crippen LogP contribution in [-0.4, -0.2) is 21.1 Å². The Hall–Kier alpha value is -2.41. The Labute approximate surface area is 188 Å². The molecule has 0 saturated carbocycles. The molecule has 1 N–H and O–H groups in total. The number of rotatable bonds is 5. The first-order valence-corrected chi connectivity index (χ1v) is 11.6. The highest BCUT2D eigenvalue weighted by Crippen LogP contribution is 2.30. The smallest absolute Gasteiger partial charge is 0.239 e. The Bertz CT molecular complexity index is 1220. The quantitative estimate of drug-likeness (QED) is 0.339. The maximum atomic E-state index is 12.7. The minimum Gasteiger partial charge on any atom is -0.301 e. The van der Waals surface area contributed by atoms with Crippen molar-refractivity contribution in [3.8, 4) is 11.3 Å². The first-order chi connectivity index (χ1) is 14.4. The highest BCUT2D eigenvalue weighted by atomic mass is 35.5. The first kappa shape index (κ1) is 20.8. The summed E-state index contributed by atoms with van der Waals surface area (Å²) in [5, 5.41) is 7.79. The van der Waals surface area contributed by atoms with Crippen LogP contribution >= 0.6 is 34.7 Å². The van der Waals surface area contributed by atoms with Gasteiger partial charge in [0.1, 0.15) is 0 Å². The largest absolute Gasteiger partial charge is 0.301 e. The summed E-state index contributed by atoms with van der Waals surface area (Å²) < 4.78 is 0. The Morgan fingerprint density at radius 2 is 1.87 bits per heavy atom. The van der Waals surface area contributed by atoms with Gasteiger partial charge >= 0.3 is 0 Å². The van der Waals surface area contributed by atoms with Gasteiger partial charge in [-0.3, -0.25) is 4.79 Å². The predicted molar refractivity (Wildman–Crippen MR) is 128 cm³/mol. The number of aromatic nitrogens is 2. The van der Waals surface area contributed by atoms with Crippen LogP contribution in [0.1, 0.15) is 18.1 Å². The van der Waals surface area contributed by atoms with E-state index in [1.165, 1.54) is 23.1 Å². The lowest BCUT2D eigenvalue weighted by Gasteiger charge is -2.12. The van der Waals surface area contributed by atoms with Crippen LogP contribution in [0.15, 0.2) is 58.9 Å². The number of carbonyl (C=O) groups is 1. The Morgan fingerprint density at radius 1 is 1.10 bits per heavy atom. The molecule has 0 saturated heterocycles. The summed E-state index contributed by atoms with van der Waals surface area (Å²) >= 11 is 8.80. The van der Waals surface area contributed by atoms with Crippen molar-refractivity contribution in [3.05, 3.63) is 70.1 Å². The van der Waals surface area contributed by atoms with Gasteiger partial charge in [0.15, 0.2) is 5.13 Å². The molecule has 2 heterocycles. The number of carbonyl (C=O) groups excluding carboxylic acids is 1. The highest BCUT2D eigenvalue weighted by Gasteiger charge is 2.18. The third-order valence-corrected chi connectivity index (χ3v) is 6.79. The predicted octanol–water partition coefficient (Wildman–Crippen LogP) is 6.75. The van der Waals surface area contributed by atoms with Gasteiger partial charge in [0, 0.05) is 21.4 Å². The standard InChI is InChI=1S/C23H20ClN3OS2/c1-13-5-4-6-18-14(2)11-20(26-21(13)18)30-15(3)22(28)27-23-25-19(12-29-23)16-7-9-17(24)10-8-16/h4-12,15H,1-3H3,(H,25,27,28). The van der Waals surface area contributed by atoms with E-state index in [0.717, 1.165) is 38.3 Å². The molecule has 0 radical (unpaired) electrons. The number of fused-ring (bicyclic) bond motifs is 1. The summed E-state index contributed by atoms with van der Waals surface area (Å²) in [6, 6.07) is 15.7. The zero-order chi connectivity index (χ0) is 21.3. The van der Waals surface area contributed by atoms with E-state index in [9.17, 15) is 4.79 Å². The van der Waals surface area contributed by atoms with E-state index in [1.54, 1.807) is 0 Å². The van der Waals surface area contributed by atoms with Crippen molar-refractivity contribution >= 4 is 56.6 Å². The van der Waals surface area contributed by atoms with Crippen LogP contribution in [0.3, 0.4) is 0 Å². The summed E-state index contributed by atoms with van der Waals surface area (Å²) in [4.78, 5) is 22.0. The fourth-order valence-corrected chi connectivity index (χ4v) is 4.88. The molecule has 4 aromatic rings. The molecule has 0 aliphatic heterocycles. The molecule has 30 heavy (non-hydrogen) atoms. The topological polar surface area (TPSA) is 54.9 Å². The second-order valence-corrected chi connectivity index (χ2v) is 9.70. The Morgan fingerprint density at radius 3 is 2.63 bits per heavy atom. The number of thioether (sulfide) groups is 1. The number of amides is 1. The normalized spacial score (nSPS) is 12.1. The number of nitrogens with one attached hydrogen (secondary N) is 1. The van der Waals surface area contributed by atoms with Crippen molar-refractivity contribution in [3.63, 3.8) is 0 Å². The molecular weight excluding hydrogens is 434 g/mol. The van der Waals surface area contributed by atoms with Crippen molar-refractivity contribution < 1.29 is 4.79 Å². The zero-order valence-electron chi connectivity index (χ0n) is 16.8. The van der Waals surface area contributed by atoms with Crippen LogP contribution in [0.4, 0.5) is 5.13 Å². The third-order valence-electron chi connectivity index (χ3n) is 4.77. The average molecular weight is 454 g/mol. The third kappa shape index (κ3) is 4.51. The second-order valence-electron chi connectivity index (χ2n) is 7.04. The van der Waals surface area contributed by atoms with Crippen molar-refractivity contribution in [2.24, 2.45) is 0 Å². The molecule has 0 fully saturated rings. The second kappa shape index (κ2) is 8.76. The van der Waals surface area contributed by atoms with E-state index in [2.05, 4.69) is 36.3 Å². The number of hydrogen-bond acceptors (Lipinski definition) is 5. The maximum absolute atomic E-state index is 12.7. The molecule has 1 amide bonds. The molecule has 0 spiro atoms. The van der Waals surface area contributed by atoms with E-state index in [-0.39, 0.29) is 11.2 Å². The van der Waals surface area contributed by atoms with Crippen molar-refractivity contribution in [2.75, 3.05) is 5.32 Å². The highest BCUT2D eigenvalue weighted by molar-refractivity contribution is 8.00. The lowest BCUT2D eigenvalue weighted by Crippen LogP contribution is -2.22. The Kier molecular flexibility index (Phi) is 6.09. The first-order valence-electron chi connectivity index (χ1n) is 9.46. The molecule has 4 nitrogen and oxygen atoms in total. The van der Waals surface area contributed by atoms with E-state index in [0.29, 0.717) is 10.2 Å². The monoisotopic (exact) mass is 453 g/mol. The van der Waals surface area contributed by atoms with Crippen LogP contribution in [0, 0.1) is 13.8 Å². The minimum atomic E-state index is -0.304. The summed E-state index contributed by atoms with van der Waals surface area (Å²) in [6.07, 6.45) is 0. The van der Waals surface area contributed by atoms with Gasteiger partial charge in [-0.1, -0.05) is 53.7 Å². The zero-order valence-corrected chi connectivity index (χ0v) is 19.2. The summed E-state index contributed by atoms with van der Waals surface area (Å²) in [7, 11) is 0. The number of nitrogens with zero attached hydrogens (tertiary/aromatic N) is 2. The van der Waals surface area contributed by atoms with Crippen molar-refractivity contribution in [2.45, 2.75) is 31.0 Å².